The highest BCUT2D eigenvalue weighted by molar-refractivity contribution is 5.13. The summed E-state index contributed by atoms with van der Waals surface area (Å²) >= 11 is 0. The Hall–Kier alpha value is -1.24. The first kappa shape index (κ1) is 24.4. The molecule has 0 saturated carbocycles. The van der Waals surface area contributed by atoms with Crippen LogP contribution >= 0.6 is 0 Å². The van der Waals surface area contributed by atoms with Crippen molar-refractivity contribution in [2.75, 3.05) is 7.11 Å². The van der Waals surface area contributed by atoms with Gasteiger partial charge in [0.25, 0.3) is 0 Å². The lowest BCUT2D eigenvalue weighted by atomic mass is 9.92. The monoisotopic (exact) mass is 431 g/mol. The largest absolute Gasteiger partial charge is 0.390 e. The van der Waals surface area contributed by atoms with Gasteiger partial charge in [0.15, 0.2) is 0 Å². The van der Waals surface area contributed by atoms with E-state index in [1.165, 1.54) is 12.2 Å². The van der Waals surface area contributed by atoms with Crippen LogP contribution in [-0.2, 0) is 25.6 Å². The van der Waals surface area contributed by atoms with Gasteiger partial charge in [-0.05, 0) is 50.5 Å². The summed E-state index contributed by atoms with van der Waals surface area (Å²) in [5, 5.41) is 9.09. The molecule has 0 aromatic heterocycles. The highest BCUT2D eigenvalue weighted by atomic mass is 16.5. The highest BCUT2D eigenvalue weighted by Gasteiger charge is 2.33. The third-order valence-corrected chi connectivity index (χ3v) is 6.38. The Balaban J connectivity index is 1.52. The zero-order valence-corrected chi connectivity index (χ0v) is 18.9. The van der Waals surface area contributed by atoms with Crippen LogP contribution in [0.2, 0.25) is 0 Å². The molecule has 2 aliphatic heterocycles. The number of hydrogen-bond donors (Lipinski definition) is 1. The van der Waals surface area contributed by atoms with Gasteiger partial charge in [-0.15, -0.1) is 6.58 Å². The van der Waals surface area contributed by atoms with Crippen molar-refractivity contribution in [1.29, 1.82) is 0 Å². The minimum Gasteiger partial charge on any atom is -0.390 e. The Labute approximate surface area is 187 Å². The van der Waals surface area contributed by atoms with E-state index in [4.69, 9.17) is 24.1 Å². The van der Waals surface area contributed by atoms with E-state index in [1.54, 1.807) is 7.11 Å². The van der Waals surface area contributed by atoms with E-state index in [0.717, 1.165) is 51.4 Å². The maximum absolute atomic E-state index is 9.09. The highest BCUT2D eigenvalue weighted by Crippen LogP contribution is 2.31. The number of aliphatic hydroxyl groups is 1. The van der Waals surface area contributed by atoms with Crippen molar-refractivity contribution >= 4 is 0 Å². The zero-order valence-electron chi connectivity index (χ0n) is 18.9. The van der Waals surface area contributed by atoms with Crippen LogP contribution < -0.4 is 0 Å². The van der Waals surface area contributed by atoms with Crippen molar-refractivity contribution in [2.24, 2.45) is 0 Å². The molecule has 0 amide bonds. The second kappa shape index (κ2) is 13.3. The van der Waals surface area contributed by atoms with Gasteiger partial charge in [0.2, 0.25) is 0 Å². The first-order valence-electron chi connectivity index (χ1n) is 11.8. The summed E-state index contributed by atoms with van der Waals surface area (Å²) in [4.78, 5) is 0. The van der Waals surface area contributed by atoms with Gasteiger partial charge in [0, 0.05) is 20.0 Å². The van der Waals surface area contributed by atoms with Crippen LogP contribution in [0, 0.1) is 6.61 Å². The molecule has 1 aromatic rings. The molecule has 2 aliphatic rings. The van der Waals surface area contributed by atoms with E-state index >= 15 is 0 Å². The van der Waals surface area contributed by atoms with Gasteiger partial charge in [-0.2, -0.15) is 0 Å². The van der Waals surface area contributed by atoms with E-state index in [9.17, 15) is 0 Å². The smallest absolute Gasteiger partial charge is 0.0824 e. The standard InChI is InChI=1S/C26H39O5/c1-3-8-22-16-25(29-19-20-9-5-4-6-10-20)18-26(31-22)17-24(28-2)15-23-12-7-11-21(30-23)13-14-27/h3-6,9-10,14,21-27H,1,7-8,11-13,15-19H2,2H3/t21?,22-,23?,24+,25?,26?/m1/s1. The second-order valence-electron chi connectivity index (χ2n) is 8.85. The number of benzene rings is 1. The Morgan fingerprint density at radius 1 is 1.03 bits per heavy atom. The van der Waals surface area contributed by atoms with Crippen LogP contribution in [0.3, 0.4) is 0 Å². The molecule has 1 aromatic carbocycles. The number of ether oxygens (including phenoxy) is 4. The predicted molar refractivity (Wildman–Crippen MR) is 121 cm³/mol. The minimum absolute atomic E-state index is 0.0871. The summed E-state index contributed by atoms with van der Waals surface area (Å²) in [5.41, 5.74) is 1.20. The topological polar surface area (TPSA) is 57.2 Å². The molecule has 5 heteroatoms. The molecule has 0 spiro atoms. The van der Waals surface area contributed by atoms with Crippen molar-refractivity contribution in [3.63, 3.8) is 0 Å². The normalized spacial score (nSPS) is 30.1. The molecule has 0 bridgehead atoms. The zero-order chi connectivity index (χ0) is 21.9. The Bertz CT molecular complexity index is 619. The van der Waals surface area contributed by atoms with E-state index in [2.05, 4.69) is 18.7 Å². The SMILES string of the molecule is C=CC[C@@H]1CC(OCc2ccccc2)CC(C[C@H](CC2CCCC(C[CH]O)O2)OC)O1. The fourth-order valence-corrected chi connectivity index (χ4v) is 4.80. The van der Waals surface area contributed by atoms with Gasteiger partial charge in [0.1, 0.15) is 0 Å². The quantitative estimate of drug-likeness (QED) is 0.452. The fourth-order valence-electron chi connectivity index (χ4n) is 4.80. The number of rotatable bonds is 12. The van der Waals surface area contributed by atoms with Gasteiger partial charge in [0.05, 0.1) is 49.8 Å². The molecule has 1 N–H and O–H groups in total. The van der Waals surface area contributed by atoms with Gasteiger partial charge in [-0.25, -0.2) is 0 Å². The molecule has 3 rings (SSSR count). The van der Waals surface area contributed by atoms with Crippen LogP contribution in [0.15, 0.2) is 43.0 Å². The van der Waals surface area contributed by atoms with Gasteiger partial charge in [-0.3, -0.25) is 0 Å². The molecular formula is C26H39O5. The molecule has 4 unspecified atom stereocenters. The second-order valence-corrected chi connectivity index (χ2v) is 8.85. The first-order valence-corrected chi connectivity index (χ1v) is 11.8. The Morgan fingerprint density at radius 2 is 1.74 bits per heavy atom. The van der Waals surface area contributed by atoms with Crippen LogP contribution in [-0.4, -0.2) is 48.8 Å². The van der Waals surface area contributed by atoms with Crippen LogP contribution in [0.5, 0.6) is 0 Å². The van der Waals surface area contributed by atoms with Gasteiger partial charge >= 0.3 is 0 Å². The lowest BCUT2D eigenvalue weighted by molar-refractivity contribution is -0.135. The summed E-state index contributed by atoms with van der Waals surface area (Å²) in [7, 11) is 1.78. The molecule has 6 atom stereocenters. The van der Waals surface area contributed by atoms with Crippen LogP contribution in [0.25, 0.3) is 0 Å². The average Bonchev–Trinajstić information content (AvgIpc) is 2.78. The third kappa shape index (κ3) is 8.32. The molecule has 2 saturated heterocycles. The minimum atomic E-state index is 0.0871. The van der Waals surface area contributed by atoms with Gasteiger partial charge < -0.3 is 24.1 Å². The molecule has 173 valence electrons. The van der Waals surface area contributed by atoms with Crippen LogP contribution in [0.1, 0.15) is 63.4 Å². The third-order valence-electron chi connectivity index (χ3n) is 6.38. The maximum Gasteiger partial charge on any atom is 0.0824 e. The molecule has 2 heterocycles. The van der Waals surface area contributed by atoms with Crippen molar-refractivity contribution in [3.05, 3.63) is 55.2 Å². The molecule has 1 radical (unpaired) electrons. The van der Waals surface area contributed by atoms with Crippen LogP contribution in [0.4, 0.5) is 0 Å². The Kier molecular flexibility index (Phi) is 10.5. The summed E-state index contributed by atoms with van der Waals surface area (Å²) in [6, 6.07) is 10.3. The molecule has 0 aliphatic carbocycles. The first-order chi connectivity index (χ1) is 15.2. The van der Waals surface area contributed by atoms with Crippen molar-refractivity contribution in [1.82, 2.24) is 0 Å². The average molecular weight is 432 g/mol. The molecular weight excluding hydrogens is 392 g/mol. The molecule has 31 heavy (non-hydrogen) atoms. The maximum atomic E-state index is 9.09. The predicted octanol–water partition coefficient (Wildman–Crippen LogP) is 5.35. The number of methoxy groups -OCH3 is 1. The van der Waals surface area contributed by atoms with E-state index in [1.807, 2.05) is 24.3 Å². The summed E-state index contributed by atoms with van der Waals surface area (Å²) in [6.07, 6.45) is 10.9. The fraction of sp³-hybridized carbons (Fsp3) is 0.654. The summed E-state index contributed by atoms with van der Waals surface area (Å²) < 4.78 is 24.7. The van der Waals surface area contributed by atoms with Crippen molar-refractivity contribution in [3.8, 4) is 0 Å². The summed E-state index contributed by atoms with van der Waals surface area (Å²) in [6.45, 7) is 5.74. The number of hydrogen-bond acceptors (Lipinski definition) is 5. The lowest BCUT2D eigenvalue weighted by Gasteiger charge is -2.37. The summed E-state index contributed by atoms with van der Waals surface area (Å²) in [5.74, 6) is 0. The van der Waals surface area contributed by atoms with Gasteiger partial charge in [-0.1, -0.05) is 36.4 Å². The van der Waals surface area contributed by atoms with E-state index in [0.29, 0.717) is 13.0 Å². The number of aliphatic hydroxyl groups excluding tert-OH is 1. The van der Waals surface area contributed by atoms with Crippen molar-refractivity contribution < 1.29 is 24.1 Å². The lowest BCUT2D eigenvalue weighted by Crippen LogP contribution is -2.40. The van der Waals surface area contributed by atoms with E-state index in [-0.39, 0.29) is 36.6 Å². The Morgan fingerprint density at radius 3 is 2.48 bits per heavy atom. The molecule has 5 nitrogen and oxygen atoms in total. The van der Waals surface area contributed by atoms with E-state index < -0.39 is 0 Å². The van der Waals surface area contributed by atoms with Crippen molar-refractivity contribution in [2.45, 2.75) is 101 Å². The molecule has 2 fully saturated rings.